The van der Waals surface area contributed by atoms with E-state index in [2.05, 4.69) is 0 Å². The maximum absolute atomic E-state index is 13.4. The number of carbonyl (C=O) groups excluding carboxylic acids is 2. The molecule has 0 saturated heterocycles. The van der Waals surface area contributed by atoms with Crippen LogP contribution in [0.1, 0.15) is 40.9 Å². The Hall–Kier alpha value is -3.92. The topological polar surface area (TPSA) is 195 Å². The second kappa shape index (κ2) is 9.48. The molecule has 0 radical (unpaired) electrons. The lowest BCUT2D eigenvalue weighted by Gasteiger charge is -2.09. The Bertz CT molecular complexity index is 1150. The highest BCUT2D eigenvalue weighted by Crippen LogP contribution is 2.38. The van der Waals surface area contributed by atoms with E-state index in [1.165, 1.54) is 24.3 Å². The van der Waals surface area contributed by atoms with E-state index < -0.39 is 11.7 Å². The molecule has 3 rings (SSSR count). The van der Waals surface area contributed by atoms with Crippen LogP contribution in [0.25, 0.3) is 11.0 Å². The number of aromatic hydroxyl groups is 2. The first-order chi connectivity index (χ1) is 15.2. The predicted octanol–water partition coefficient (Wildman–Crippen LogP) is 1.81. The summed E-state index contributed by atoms with van der Waals surface area (Å²) in [6.45, 7) is 0.116. The molecule has 170 valence electrons. The number of rotatable bonds is 10. The highest BCUT2D eigenvalue weighted by molar-refractivity contribution is 6.18. The third-order valence-corrected chi connectivity index (χ3v) is 4.89. The van der Waals surface area contributed by atoms with Gasteiger partial charge in [-0.15, -0.1) is 0 Å². The smallest absolute Gasteiger partial charge is 0.217 e. The van der Waals surface area contributed by atoms with Gasteiger partial charge < -0.3 is 41.7 Å². The second-order valence-electron chi connectivity index (χ2n) is 7.29. The number of primary amides is 1. The molecule has 2 aromatic carbocycles. The molecule has 0 aliphatic rings. The van der Waals surface area contributed by atoms with Gasteiger partial charge in [-0.3, -0.25) is 9.59 Å². The van der Waals surface area contributed by atoms with E-state index in [4.69, 9.17) is 31.5 Å². The number of nitrogens with two attached hydrogens (primary N) is 3. The number of aryl methyl sites for hydroxylation is 1. The van der Waals surface area contributed by atoms with Crippen molar-refractivity contribution in [3.8, 4) is 17.2 Å². The summed E-state index contributed by atoms with van der Waals surface area (Å²) in [4.78, 5) is 24.5. The van der Waals surface area contributed by atoms with Crippen LogP contribution in [0.15, 0.2) is 28.7 Å². The number of ether oxygens (including phenoxy) is 1. The maximum Gasteiger partial charge on any atom is 0.217 e. The van der Waals surface area contributed by atoms with Gasteiger partial charge in [0.05, 0.1) is 23.5 Å². The van der Waals surface area contributed by atoms with Crippen molar-refractivity contribution in [1.82, 2.24) is 0 Å². The summed E-state index contributed by atoms with van der Waals surface area (Å²) in [6.07, 6.45) is 1.07. The van der Waals surface area contributed by atoms with Crippen molar-refractivity contribution < 1.29 is 34.1 Å². The number of nitrogen functional groups attached to an aromatic ring is 2. The van der Waals surface area contributed by atoms with Crippen molar-refractivity contribution in [3.63, 3.8) is 0 Å². The largest absolute Gasteiger partial charge is 0.504 e. The lowest BCUT2D eigenvalue weighted by atomic mass is 9.97. The summed E-state index contributed by atoms with van der Waals surface area (Å²) >= 11 is 0. The number of benzene rings is 2. The van der Waals surface area contributed by atoms with Crippen LogP contribution < -0.4 is 21.9 Å². The average Bonchev–Trinajstić information content (AvgIpc) is 3.08. The van der Waals surface area contributed by atoms with E-state index in [9.17, 15) is 19.8 Å². The SMILES string of the molecule is NC(=O)CCCc1oc2cc(OCCCO)c(O)cc2c1C(=O)c1cc(N)c(O)c(N)c1. The number of aliphatic hydroxyl groups excluding tert-OH is 1. The van der Waals surface area contributed by atoms with Gasteiger partial charge in [-0.1, -0.05) is 0 Å². The molecule has 0 spiro atoms. The Morgan fingerprint density at radius 1 is 1.03 bits per heavy atom. The number of hydrogen-bond donors (Lipinski definition) is 6. The number of phenols is 2. The van der Waals surface area contributed by atoms with E-state index >= 15 is 0 Å². The number of phenolic OH excluding ortho intramolecular Hbond substituents is 2. The van der Waals surface area contributed by atoms with Crippen molar-refractivity contribution >= 4 is 34.0 Å². The minimum atomic E-state index is -0.482. The Kier molecular flexibility index (Phi) is 6.74. The molecule has 3 aromatic rings. The molecule has 9 N–H and O–H groups in total. The number of ketones is 1. The van der Waals surface area contributed by atoms with Gasteiger partial charge in [-0.2, -0.15) is 0 Å². The van der Waals surface area contributed by atoms with Crippen molar-refractivity contribution in [1.29, 1.82) is 0 Å². The predicted molar refractivity (Wildman–Crippen MR) is 118 cm³/mol. The van der Waals surface area contributed by atoms with E-state index in [-0.39, 0.29) is 65.8 Å². The lowest BCUT2D eigenvalue weighted by molar-refractivity contribution is -0.118. The molecule has 10 nitrogen and oxygen atoms in total. The normalized spacial score (nSPS) is 11.0. The van der Waals surface area contributed by atoms with Gasteiger partial charge in [-0.05, 0) is 24.6 Å². The average molecular weight is 443 g/mol. The van der Waals surface area contributed by atoms with Gasteiger partial charge in [0.25, 0.3) is 0 Å². The van der Waals surface area contributed by atoms with Crippen LogP contribution in [-0.4, -0.2) is 40.2 Å². The molecule has 1 heterocycles. The van der Waals surface area contributed by atoms with Crippen molar-refractivity contribution in [2.75, 3.05) is 24.7 Å². The van der Waals surface area contributed by atoms with Gasteiger partial charge in [-0.25, -0.2) is 0 Å². The summed E-state index contributed by atoms with van der Waals surface area (Å²) in [6, 6.07) is 5.40. The molecule has 32 heavy (non-hydrogen) atoms. The number of aliphatic hydroxyl groups is 1. The minimum Gasteiger partial charge on any atom is -0.504 e. The van der Waals surface area contributed by atoms with E-state index in [1.807, 2.05) is 0 Å². The number of fused-ring (bicyclic) bond motifs is 1. The third kappa shape index (κ3) is 4.70. The van der Waals surface area contributed by atoms with Crippen molar-refractivity contribution in [3.05, 3.63) is 41.2 Å². The molecule has 0 aliphatic carbocycles. The fourth-order valence-corrected chi connectivity index (χ4v) is 3.33. The molecule has 10 heteroatoms. The summed E-state index contributed by atoms with van der Waals surface area (Å²) in [5, 5.41) is 29.4. The molecule has 0 fully saturated rings. The Labute approximate surface area is 183 Å². The number of hydrogen-bond acceptors (Lipinski definition) is 9. The molecule has 0 aliphatic heterocycles. The third-order valence-electron chi connectivity index (χ3n) is 4.89. The van der Waals surface area contributed by atoms with E-state index in [0.717, 1.165) is 0 Å². The van der Waals surface area contributed by atoms with Crippen molar-refractivity contribution in [2.45, 2.75) is 25.7 Å². The molecular weight excluding hydrogens is 418 g/mol. The van der Waals surface area contributed by atoms with Crippen molar-refractivity contribution in [2.24, 2.45) is 5.73 Å². The first kappa shape index (κ1) is 22.8. The summed E-state index contributed by atoms with van der Waals surface area (Å²) in [5.41, 5.74) is 17.2. The highest BCUT2D eigenvalue weighted by atomic mass is 16.5. The zero-order valence-electron chi connectivity index (χ0n) is 17.3. The van der Waals surface area contributed by atoms with E-state index in [0.29, 0.717) is 29.6 Å². The monoisotopic (exact) mass is 443 g/mol. The van der Waals surface area contributed by atoms with Gasteiger partial charge >= 0.3 is 0 Å². The van der Waals surface area contributed by atoms with Crippen LogP contribution in [0, 0.1) is 0 Å². The number of furan rings is 1. The highest BCUT2D eigenvalue weighted by Gasteiger charge is 2.25. The quantitative estimate of drug-likeness (QED) is 0.117. The Balaban J connectivity index is 2.09. The maximum atomic E-state index is 13.4. The standard InChI is InChI=1S/C22H25N3O7/c23-13-7-11(8-14(24)22(13)30)21(29)20-12-9-15(27)18(31-6-2-5-26)10-17(12)32-16(20)3-1-4-19(25)28/h7-10,26-27,30H,1-6,23-24H2,(H2,25,28). The Morgan fingerprint density at radius 2 is 1.72 bits per heavy atom. The van der Waals surface area contributed by atoms with Crippen LogP contribution in [0.3, 0.4) is 0 Å². The van der Waals surface area contributed by atoms with Gasteiger partial charge in [0.2, 0.25) is 5.91 Å². The molecule has 1 aromatic heterocycles. The fraction of sp³-hybridized carbons (Fsp3) is 0.273. The van der Waals surface area contributed by atoms with Crippen LogP contribution >= 0.6 is 0 Å². The number of carbonyl (C=O) groups is 2. The fourth-order valence-electron chi connectivity index (χ4n) is 3.33. The molecule has 0 bridgehead atoms. The summed E-state index contributed by atoms with van der Waals surface area (Å²) in [7, 11) is 0. The lowest BCUT2D eigenvalue weighted by Crippen LogP contribution is -2.11. The molecular formula is C22H25N3O7. The zero-order chi connectivity index (χ0) is 23.4. The first-order valence-corrected chi connectivity index (χ1v) is 9.96. The summed E-state index contributed by atoms with van der Waals surface area (Å²) < 4.78 is 11.3. The summed E-state index contributed by atoms with van der Waals surface area (Å²) in [5.74, 6) is -1.06. The second-order valence-corrected chi connectivity index (χ2v) is 7.29. The van der Waals surface area contributed by atoms with Crippen LogP contribution in [0.4, 0.5) is 11.4 Å². The van der Waals surface area contributed by atoms with Gasteiger partial charge in [0.15, 0.2) is 23.0 Å². The number of amides is 1. The van der Waals surface area contributed by atoms with Crippen LogP contribution in [0.2, 0.25) is 0 Å². The molecule has 0 atom stereocenters. The number of anilines is 2. The van der Waals surface area contributed by atoms with Crippen LogP contribution in [-0.2, 0) is 11.2 Å². The molecule has 1 amide bonds. The van der Waals surface area contributed by atoms with E-state index in [1.54, 1.807) is 0 Å². The van der Waals surface area contributed by atoms with Crippen LogP contribution in [0.5, 0.6) is 17.2 Å². The zero-order valence-corrected chi connectivity index (χ0v) is 17.3. The van der Waals surface area contributed by atoms with Gasteiger partial charge in [0.1, 0.15) is 11.3 Å². The molecule has 0 unspecified atom stereocenters. The molecule has 0 saturated carbocycles. The first-order valence-electron chi connectivity index (χ1n) is 9.96. The Morgan fingerprint density at radius 3 is 2.34 bits per heavy atom. The van der Waals surface area contributed by atoms with Gasteiger partial charge in [0, 0.05) is 42.9 Å². The minimum absolute atomic E-state index is 0.0566.